The molecule has 148 valence electrons. The Kier molecular flexibility index (Phi) is 6.68. The van der Waals surface area contributed by atoms with Crippen LogP contribution in [0.1, 0.15) is 21.5 Å². The number of aromatic hydroxyl groups is 1. The summed E-state index contributed by atoms with van der Waals surface area (Å²) >= 11 is 0. The van der Waals surface area contributed by atoms with Gasteiger partial charge in [-0.1, -0.05) is 12.1 Å². The molecular weight excluding hydrogens is 358 g/mol. The summed E-state index contributed by atoms with van der Waals surface area (Å²) in [5.74, 6) is 1.13. The maximum atomic E-state index is 12.6. The Balaban J connectivity index is 1.75. The average molecular weight is 384 g/mol. The number of carbonyl (C=O) groups is 1. The van der Waals surface area contributed by atoms with Crippen LogP contribution < -0.4 is 14.4 Å². The van der Waals surface area contributed by atoms with Gasteiger partial charge in [-0.3, -0.25) is 4.79 Å². The minimum absolute atomic E-state index is 0.0392. The number of ether oxygens (including phenoxy) is 3. The van der Waals surface area contributed by atoms with Gasteiger partial charge in [0.25, 0.3) is 0 Å². The van der Waals surface area contributed by atoms with E-state index in [4.69, 9.17) is 14.2 Å². The molecule has 0 unspecified atom stereocenters. The van der Waals surface area contributed by atoms with Crippen LogP contribution in [0, 0.1) is 0 Å². The van der Waals surface area contributed by atoms with Gasteiger partial charge in [-0.2, -0.15) is 0 Å². The number of hydrogen-bond donors (Lipinski definition) is 2. The molecule has 1 fully saturated rings. The molecule has 2 aromatic carbocycles. The van der Waals surface area contributed by atoms with E-state index in [1.807, 2.05) is 12.1 Å². The van der Waals surface area contributed by atoms with Crippen molar-refractivity contribution in [3.05, 3.63) is 59.2 Å². The van der Waals surface area contributed by atoms with Crippen molar-refractivity contribution in [2.45, 2.75) is 6.54 Å². The zero-order valence-electron chi connectivity index (χ0n) is 16.2. The van der Waals surface area contributed by atoms with Crippen molar-refractivity contribution in [1.82, 2.24) is 0 Å². The molecule has 28 heavy (non-hydrogen) atoms. The predicted molar refractivity (Wildman–Crippen MR) is 106 cm³/mol. The molecule has 0 bridgehead atoms. The normalized spacial score (nSPS) is 14.9. The van der Waals surface area contributed by atoms with Crippen LogP contribution in [0.3, 0.4) is 0 Å². The summed E-state index contributed by atoms with van der Waals surface area (Å²) in [5.41, 5.74) is 2.34. The van der Waals surface area contributed by atoms with E-state index in [-0.39, 0.29) is 11.5 Å². The summed E-state index contributed by atoms with van der Waals surface area (Å²) in [6.45, 7) is 4.20. The smallest absolute Gasteiger partial charge is 0.185 e. The monoisotopic (exact) mass is 384 g/mol. The molecule has 0 saturated carbocycles. The quantitative estimate of drug-likeness (QED) is 0.562. The van der Waals surface area contributed by atoms with Crippen LogP contribution >= 0.6 is 0 Å². The van der Waals surface area contributed by atoms with Crippen molar-refractivity contribution in [1.29, 1.82) is 0 Å². The Bertz CT molecular complexity index is 856. The van der Waals surface area contributed by atoms with Crippen molar-refractivity contribution in [3.8, 4) is 17.2 Å². The molecule has 0 aliphatic carbocycles. The van der Waals surface area contributed by atoms with Crippen LogP contribution in [0.4, 0.5) is 0 Å². The second-order valence-corrected chi connectivity index (χ2v) is 6.69. The number of allylic oxidation sites excluding steroid dienone is 1. The van der Waals surface area contributed by atoms with Gasteiger partial charge in [-0.15, -0.1) is 0 Å². The fourth-order valence-electron chi connectivity index (χ4n) is 3.26. The third-order valence-corrected chi connectivity index (χ3v) is 4.84. The van der Waals surface area contributed by atoms with Crippen LogP contribution in [-0.2, 0) is 11.3 Å². The summed E-state index contributed by atoms with van der Waals surface area (Å²) in [6, 6.07) is 10.5. The largest absolute Gasteiger partial charge is 0.504 e. The molecule has 3 rings (SSSR count). The first-order valence-corrected chi connectivity index (χ1v) is 9.28. The fourth-order valence-corrected chi connectivity index (χ4v) is 3.26. The van der Waals surface area contributed by atoms with Gasteiger partial charge in [-0.25, -0.2) is 0 Å². The number of ketones is 1. The number of quaternary nitrogens is 1. The van der Waals surface area contributed by atoms with E-state index in [1.165, 1.54) is 18.1 Å². The number of hydrogen-bond acceptors (Lipinski definition) is 5. The van der Waals surface area contributed by atoms with E-state index >= 15 is 0 Å². The number of benzene rings is 2. The summed E-state index contributed by atoms with van der Waals surface area (Å²) in [4.78, 5) is 14.0. The van der Waals surface area contributed by atoms with E-state index < -0.39 is 0 Å². The van der Waals surface area contributed by atoms with Crippen molar-refractivity contribution in [2.24, 2.45) is 0 Å². The maximum absolute atomic E-state index is 12.6. The van der Waals surface area contributed by atoms with E-state index in [9.17, 15) is 9.90 Å². The lowest BCUT2D eigenvalue weighted by molar-refractivity contribution is -0.921. The summed E-state index contributed by atoms with van der Waals surface area (Å²) in [5, 5.41) is 9.85. The number of phenolic OH excluding ortho intramolecular Hbond substituents is 1. The molecular formula is C22H26NO5+. The Morgan fingerprint density at radius 1 is 1.11 bits per heavy atom. The second-order valence-electron chi connectivity index (χ2n) is 6.69. The molecule has 1 saturated heterocycles. The molecule has 1 aliphatic rings. The van der Waals surface area contributed by atoms with Crippen LogP contribution in [0.15, 0.2) is 42.5 Å². The van der Waals surface area contributed by atoms with E-state index in [1.54, 1.807) is 37.5 Å². The third-order valence-electron chi connectivity index (χ3n) is 4.84. The van der Waals surface area contributed by atoms with Crippen molar-refractivity contribution < 1.29 is 29.0 Å². The first-order valence-electron chi connectivity index (χ1n) is 9.28. The van der Waals surface area contributed by atoms with Crippen LogP contribution in [-0.4, -0.2) is 51.4 Å². The van der Waals surface area contributed by atoms with Crippen LogP contribution in [0.2, 0.25) is 0 Å². The zero-order chi connectivity index (χ0) is 19.9. The van der Waals surface area contributed by atoms with Crippen molar-refractivity contribution >= 4 is 11.9 Å². The van der Waals surface area contributed by atoms with E-state index in [0.29, 0.717) is 11.3 Å². The Morgan fingerprint density at radius 2 is 1.82 bits per heavy atom. The molecule has 1 heterocycles. The van der Waals surface area contributed by atoms with Crippen molar-refractivity contribution in [3.63, 3.8) is 0 Å². The third kappa shape index (κ3) is 4.91. The number of rotatable bonds is 7. The van der Waals surface area contributed by atoms with Gasteiger partial charge in [0.15, 0.2) is 17.3 Å². The molecule has 0 radical (unpaired) electrons. The summed E-state index contributed by atoms with van der Waals surface area (Å²) in [7, 11) is 3.14. The second kappa shape index (κ2) is 9.39. The van der Waals surface area contributed by atoms with Gasteiger partial charge in [0.2, 0.25) is 0 Å². The topological polar surface area (TPSA) is 69.4 Å². The van der Waals surface area contributed by atoms with Crippen molar-refractivity contribution in [2.75, 3.05) is 40.5 Å². The summed E-state index contributed by atoms with van der Waals surface area (Å²) < 4.78 is 15.9. The molecule has 6 heteroatoms. The lowest BCUT2D eigenvalue weighted by Gasteiger charge is -2.24. The van der Waals surface area contributed by atoms with Gasteiger partial charge in [-0.05, 0) is 42.0 Å². The Morgan fingerprint density at radius 3 is 2.50 bits per heavy atom. The van der Waals surface area contributed by atoms with Gasteiger partial charge in [0.1, 0.15) is 25.4 Å². The molecule has 0 aromatic heterocycles. The first-order chi connectivity index (χ1) is 13.6. The minimum atomic E-state index is -0.101. The fraction of sp³-hybridized carbons (Fsp3) is 0.318. The number of methoxy groups -OCH3 is 2. The lowest BCUT2D eigenvalue weighted by Crippen LogP contribution is -3.12. The zero-order valence-corrected chi connectivity index (χ0v) is 16.2. The van der Waals surface area contributed by atoms with E-state index in [2.05, 4.69) is 0 Å². The van der Waals surface area contributed by atoms with Gasteiger partial charge >= 0.3 is 0 Å². The number of carbonyl (C=O) groups excluding carboxylic acids is 1. The molecule has 6 nitrogen and oxygen atoms in total. The number of nitrogens with one attached hydrogen (secondary N) is 1. The van der Waals surface area contributed by atoms with E-state index in [0.717, 1.165) is 49.7 Å². The molecule has 0 atom stereocenters. The van der Waals surface area contributed by atoms with Crippen LogP contribution in [0.25, 0.3) is 6.08 Å². The highest BCUT2D eigenvalue weighted by molar-refractivity contribution is 6.07. The molecule has 1 aliphatic heterocycles. The van der Waals surface area contributed by atoms with Gasteiger partial charge in [0, 0.05) is 11.1 Å². The van der Waals surface area contributed by atoms with Crippen LogP contribution in [0.5, 0.6) is 17.2 Å². The highest BCUT2D eigenvalue weighted by Gasteiger charge is 2.18. The Labute approximate surface area is 164 Å². The molecule has 2 N–H and O–H groups in total. The minimum Gasteiger partial charge on any atom is -0.504 e. The standard InChI is InChI=1S/C22H25NO5/c1-26-21-8-5-17(14-18(21)15-23-9-11-28-12-10-23)19(24)6-3-16-4-7-22(27-2)20(25)13-16/h3-8,13-14,25H,9-12,15H2,1-2H3/p+1/b6-3+. The SMILES string of the molecule is COc1ccc(/C=C/C(=O)c2ccc(OC)c(C[NH+]3CCOCC3)c2)cc1O. The van der Waals surface area contributed by atoms with Gasteiger partial charge < -0.3 is 24.2 Å². The lowest BCUT2D eigenvalue weighted by atomic mass is 10.0. The first kappa shape index (κ1) is 19.9. The predicted octanol–water partition coefficient (Wildman–Crippen LogP) is 1.72. The highest BCUT2D eigenvalue weighted by Crippen LogP contribution is 2.27. The number of phenols is 1. The highest BCUT2D eigenvalue weighted by atomic mass is 16.5. The summed E-state index contributed by atoms with van der Waals surface area (Å²) in [6.07, 6.45) is 3.19. The van der Waals surface area contributed by atoms with Gasteiger partial charge in [0.05, 0.1) is 27.4 Å². The molecule has 0 amide bonds. The molecule has 0 spiro atoms. The number of morpholine rings is 1. The average Bonchev–Trinajstić information content (AvgIpc) is 2.73. The molecule has 2 aromatic rings. The Hall–Kier alpha value is -2.83. The maximum Gasteiger partial charge on any atom is 0.185 e.